The van der Waals surface area contributed by atoms with Gasteiger partial charge in [-0.3, -0.25) is 4.90 Å². The summed E-state index contributed by atoms with van der Waals surface area (Å²) in [6, 6.07) is -0.217. The molecule has 0 saturated carbocycles. The number of hydrogen-bond acceptors (Lipinski definition) is 3. The predicted molar refractivity (Wildman–Crippen MR) is 56.1 cm³/mol. The third-order valence-corrected chi connectivity index (χ3v) is 2.89. The molecule has 5 nitrogen and oxygen atoms in total. The monoisotopic (exact) mass is 231 g/mol. The van der Waals surface area contributed by atoms with Crippen molar-refractivity contribution in [2.24, 2.45) is 5.73 Å². The van der Waals surface area contributed by atoms with E-state index in [4.69, 9.17) is 22.1 Å². The van der Waals surface area contributed by atoms with Crippen LogP contribution in [0.3, 0.4) is 0 Å². The molecule has 0 aromatic heterocycles. The van der Waals surface area contributed by atoms with Gasteiger partial charge in [-0.1, -0.05) is 0 Å². The second-order valence-electron chi connectivity index (χ2n) is 3.67. The van der Waals surface area contributed by atoms with Crippen LogP contribution in [0.1, 0.15) is 12.8 Å². The van der Waals surface area contributed by atoms with Crippen LogP contribution in [-0.2, 0) is 4.74 Å². The number of carbonyl (C=O) groups is 1. The van der Waals surface area contributed by atoms with Crippen LogP contribution < -0.4 is 11.1 Å². The van der Waals surface area contributed by atoms with E-state index in [1.807, 2.05) is 0 Å². The molecule has 15 heavy (non-hydrogen) atoms. The molecule has 1 saturated heterocycles. The lowest BCUT2D eigenvalue weighted by atomic mass is 10.2. The number of alkyl halides is 1. The van der Waals surface area contributed by atoms with Crippen molar-refractivity contribution in [3.05, 3.63) is 12.3 Å². The van der Waals surface area contributed by atoms with Gasteiger partial charge in [-0.05, 0) is 18.9 Å². The van der Waals surface area contributed by atoms with Crippen molar-refractivity contribution < 1.29 is 9.53 Å². The van der Waals surface area contributed by atoms with Crippen molar-refractivity contribution in [3.8, 4) is 0 Å². The van der Waals surface area contributed by atoms with Crippen LogP contribution >= 0.6 is 11.6 Å². The fourth-order valence-corrected chi connectivity index (χ4v) is 1.98. The van der Waals surface area contributed by atoms with E-state index in [0.29, 0.717) is 5.88 Å². The molecule has 0 radical (unpaired) electrons. The van der Waals surface area contributed by atoms with Crippen molar-refractivity contribution in [1.82, 2.24) is 10.2 Å². The van der Waals surface area contributed by atoms with E-state index in [1.165, 1.54) is 4.90 Å². The number of urea groups is 1. The normalized spacial score (nSPS) is 35.7. The number of hydrogen-bond donors (Lipinski definition) is 2. The molecular formula is C9H14ClN3O2. The summed E-state index contributed by atoms with van der Waals surface area (Å²) in [5, 5.41) is 2.60. The molecule has 0 spiro atoms. The number of nitrogens with one attached hydrogen (secondary N) is 1. The number of nitrogens with two attached hydrogens (primary N) is 1. The number of ether oxygens (including phenoxy) is 1. The molecule has 0 aliphatic carbocycles. The number of rotatable bonds is 2. The van der Waals surface area contributed by atoms with Crippen molar-refractivity contribution in [3.63, 3.8) is 0 Å². The highest BCUT2D eigenvalue weighted by molar-refractivity contribution is 6.18. The summed E-state index contributed by atoms with van der Waals surface area (Å²) in [5.74, 6) is 0.467. The Morgan fingerprint density at radius 1 is 1.67 bits per heavy atom. The molecule has 3 N–H and O–H groups in total. The van der Waals surface area contributed by atoms with E-state index in [0.717, 1.165) is 12.8 Å². The Bertz CT molecular complexity index is 285. The Balaban J connectivity index is 1.99. The molecule has 2 heterocycles. The van der Waals surface area contributed by atoms with Gasteiger partial charge in [0.2, 0.25) is 0 Å². The van der Waals surface area contributed by atoms with Crippen molar-refractivity contribution in [2.75, 3.05) is 5.88 Å². The molecule has 84 valence electrons. The third kappa shape index (κ3) is 2.25. The van der Waals surface area contributed by atoms with Gasteiger partial charge in [0.05, 0.1) is 12.3 Å². The van der Waals surface area contributed by atoms with Crippen LogP contribution in [0.5, 0.6) is 0 Å². The SMILES string of the molecule is NC1C=CN(C2CCC(CCl)O2)C(=O)N1. The number of amides is 2. The average molecular weight is 232 g/mol. The summed E-state index contributed by atoms with van der Waals surface area (Å²) in [7, 11) is 0. The number of halogens is 1. The van der Waals surface area contributed by atoms with Gasteiger partial charge in [0.15, 0.2) is 0 Å². The molecule has 6 heteroatoms. The molecule has 3 atom stereocenters. The van der Waals surface area contributed by atoms with Crippen molar-refractivity contribution in [2.45, 2.75) is 31.3 Å². The zero-order chi connectivity index (χ0) is 10.8. The van der Waals surface area contributed by atoms with Gasteiger partial charge in [-0.15, -0.1) is 11.6 Å². The summed E-state index contributed by atoms with van der Waals surface area (Å²) in [6.07, 6.45) is 4.52. The Hall–Kier alpha value is -0.780. The fraction of sp³-hybridized carbons (Fsp3) is 0.667. The van der Waals surface area contributed by atoms with Gasteiger partial charge in [0.25, 0.3) is 0 Å². The highest BCUT2D eigenvalue weighted by Crippen LogP contribution is 2.24. The van der Waals surface area contributed by atoms with Gasteiger partial charge >= 0.3 is 6.03 Å². The van der Waals surface area contributed by atoms with Crippen LogP contribution in [0.15, 0.2) is 12.3 Å². The largest absolute Gasteiger partial charge is 0.353 e. The highest BCUT2D eigenvalue weighted by Gasteiger charge is 2.32. The molecule has 2 aliphatic heterocycles. The Morgan fingerprint density at radius 2 is 2.47 bits per heavy atom. The summed E-state index contributed by atoms with van der Waals surface area (Å²) >= 11 is 5.69. The smallest absolute Gasteiger partial charge is 0.325 e. The first-order valence-corrected chi connectivity index (χ1v) is 5.48. The first-order chi connectivity index (χ1) is 7.20. The second kappa shape index (κ2) is 4.38. The zero-order valence-corrected chi connectivity index (χ0v) is 8.98. The van der Waals surface area contributed by atoms with Crippen LogP contribution in [0.25, 0.3) is 0 Å². The molecule has 0 bridgehead atoms. The average Bonchev–Trinajstić information content (AvgIpc) is 2.66. The molecule has 2 aliphatic rings. The molecular weight excluding hydrogens is 218 g/mol. The van der Waals surface area contributed by atoms with E-state index < -0.39 is 6.17 Å². The lowest BCUT2D eigenvalue weighted by molar-refractivity contribution is -0.00955. The van der Waals surface area contributed by atoms with Gasteiger partial charge < -0.3 is 15.8 Å². The quantitative estimate of drug-likeness (QED) is 0.683. The number of nitrogens with zero attached hydrogens (tertiary/aromatic N) is 1. The highest BCUT2D eigenvalue weighted by atomic mass is 35.5. The van der Waals surface area contributed by atoms with Crippen LogP contribution in [0.2, 0.25) is 0 Å². The minimum atomic E-state index is -0.404. The molecule has 1 fully saturated rings. The first-order valence-electron chi connectivity index (χ1n) is 4.95. The van der Waals surface area contributed by atoms with Crippen LogP contribution in [-0.4, -0.2) is 35.3 Å². The molecule has 2 amide bonds. The van der Waals surface area contributed by atoms with Crippen molar-refractivity contribution >= 4 is 17.6 Å². The first kappa shape index (κ1) is 10.7. The maximum absolute atomic E-state index is 11.6. The third-order valence-electron chi connectivity index (χ3n) is 2.55. The van der Waals surface area contributed by atoms with Gasteiger partial charge in [-0.2, -0.15) is 0 Å². The molecule has 0 aromatic rings. The summed E-state index contributed by atoms with van der Waals surface area (Å²) in [4.78, 5) is 13.1. The topological polar surface area (TPSA) is 67.6 Å². The van der Waals surface area contributed by atoms with Gasteiger partial charge in [-0.25, -0.2) is 4.79 Å². The van der Waals surface area contributed by atoms with Crippen LogP contribution in [0.4, 0.5) is 4.79 Å². The van der Waals surface area contributed by atoms with E-state index >= 15 is 0 Å². The molecule has 2 rings (SSSR count). The Labute approximate surface area is 93.2 Å². The van der Waals surface area contributed by atoms with E-state index in [2.05, 4.69) is 5.32 Å². The maximum atomic E-state index is 11.6. The standard InChI is InChI=1S/C9H14ClN3O2/c10-5-6-1-2-8(15-6)13-4-3-7(11)12-9(13)14/h3-4,6-8H,1-2,5,11H2,(H,12,14). The Morgan fingerprint density at radius 3 is 3.07 bits per heavy atom. The fourth-order valence-electron chi connectivity index (χ4n) is 1.75. The maximum Gasteiger partial charge on any atom is 0.325 e. The van der Waals surface area contributed by atoms with E-state index in [-0.39, 0.29) is 18.4 Å². The summed E-state index contributed by atoms with van der Waals surface area (Å²) in [5.41, 5.74) is 5.53. The zero-order valence-electron chi connectivity index (χ0n) is 8.23. The van der Waals surface area contributed by atoms with Crippen LogP contribution in [0, 0.1) is 0 Å². The molecule has 3 unspecified atom stereocenters. The second-order valence-corrected chi connectivity index (χ2v) is 3.98. The number of carbonyl (C=O) groups excluding carboxylic acids is 1. The Kier molecular flexibility index (Phi) is 3.14. The summed E-state index contributed by atoms with van der Waals surface area (Å²) < 4.78 is 5.60. The predicted octanol–water partition coefficient (Wildman–Crippen LogP) is 0.554. The minimum absolute atomic E-state index is 0.0495. The minimum Gasteiger partial charge on any atom is -0.353 e. The van der Waals surface area contributed by atoms with E-state index in [1.54, 1.807) is 12.3 Å². The van der Waals surface area contributed by atoms with Crippen molar-refractivity contribution in [1.29, 1.82) is 0 Å². The molecule has 0 aromatic carbocycles. The lowest BCUT2D eigenvalue weighted by Gasteiger charge is -2.30. The van der Waals surface area contributed by atoms with Gasteiger partial charge in [0.1, 0.15) is 6.23 Å². The summed E-state index contributed by atoms with van der Waals surface area (Å²) in [6.45, 7) is 0. The van der Waals surface area contributed by atoms with Gasteiger partial charge in [0, 0.05) is 12.1 Å². The lowest BCUT2D eigenvalue weighted by Crippen LogP contribution is -2.52. The van der Waals surface area contributed by atoms with E-state index in [9.17, 15) is 4.79 Å².